The van der Waals surface area contributed by atoms with E-state index in [9.17, 15) is 9.18 Å². The minimum Gasteiger partial charge on any atom is -0.489 e. The summed E-state index contributed by atoms with van der Waals surface area (Å²) in [5, 5.41) is 4.26. The number of ether oxygens (including phenoxy) is 1. The lowest BCUT2D eigenvalue weighted by molar-refractivity contribution is 0.279. The van der Waals surface area contributed by atoms with E-state index >= 15 is 0 Å². The molecule has 21 heavy (non-hydrogen) atoms. The summed E-state index contributed by atoms with van der Waals surface area (Å²) < 4.78 is 21.8. The van der Waals surface area contributed by atoms with E-state index < -0.39 is 5.82 Å². The van der Waals surface area contributed by atoms with Crippen molar-refractivity contribution < 1.29 is 9.13 Å². The molecule has 0 saturated heterocycles. The number of nitrogens with zero attached hydrogens (tertiary/aromatic N) is 3. The van der Waals surface area contributed by atoms with E-state index in [4.69, 9.17) is 4.74 Å². The Labute approximate surface area is 123 Å². The average molecular weight is 293 g/mol. The van der Waals surface area contributed by atoms with Crippen molar-refractivity contribution in [2.24, 2.45) is 0 Å². The third kappa shape index (κ3) is 3.32. The maximum Gasteiger partial charge on any atom is 0.346 e. The van der Waals surface area contributed by atoms with Crippen LogP contribution >= 0.6 is 0 Å². The fraction of sp³-hybridized carbons (Fsp3) is 0.467. The van der Waals surface area contributed by atoms with Gasteiger partial charge in [0, 0.05) is 0 Å². The Kier molecular flexibility index (Phi) is 4.16. The molecule has 0 atom stereocenters. The second-order valence-corrected chi connectivity index (χ2v) is 5.84. The molecule has 0 fully saturated rings. The zero-order valence-electron chi connectivity index (χ0n) is 12.8. The molecule has 1 heterocycles. The van der Waals surface area contributed by atoms with E-state index in [0.29, 0.717) is 12.4 Å². The SMILES string of the molecule is Cc1nn(C(C)(C)C)c(=O)n1CCOc1ccccc1F. The van der Waals surface area contributed by atoms with Gasteiger partial charge in [-0.15, -0.1) is 0 Å². The van der Waals surface area contributed by atoms with Gasteiger partial charge in [0.15, 0.2) is 11.6 Å². The molecule has 0 N–H and O–H groups in total. The summed E-state index contributed by atoms with van der Waals surface area (Å²) in [6, 6.07) is 6.20. The quantitative estimate of drug-likeness (QED) is 0.869. The van der Waals surface area contributed by atoms with Crippen LogP contribution in [0.4, 0.5) is 4.39 Å². The van der Waals surface area contributed by atoms with Gasteiger partial charge in [0.2, 0.25) is 0 Å². The second-order valence-electron chi connectivity index (χ2n) is 5.84. The molecule has 0 aliphatic carbocycles. The van der Waals surface area contributed by atoms with Crippen LogP contribution in [0.2, 0.25) is 0 Å². The molecule has 0 saturated carbocycles. The largest absolute Gasteiger partial charge is 0.489 e. The highest BCUT2D eigenvalue weighted by Crippen LogP contribution is 2.15. The first-order valence-corrected chi connectivity index (χ1v) is 6.85. The fourth-order valence-electron chi connectivity index (χ4n) is 2.00. The molecule has 0 aliphatic heterocycles. The van der Waals surface area contributed by atoms with Crippen molar-refractivity contribution in [1.82, 2.24) is 14.3 Å². The molecular weight excluding hydrogens is 273 g/mol. The highest BCUT2D eigenvalue weighted by Gasteiger charge is 2.20. The van der Waals surface area contributed by atoms with Crippen LogP contribution in [0, 0.1) is 12.7 Å². The van der Waals surface area contributed by atoms with Crippen molar-refractivity contribution in [3.63, 3.8) is 0 Å². The van der Waals surface area contributed by atoms with Crippen molar-refractivity contribution in [3.8, 4) is 5.75 Å². The van der Waals surface area contributed by atoms with Crippen molar-refractivity contribution in [3.05, 3.63) is 46.4 Å². The highest BCUT2D eigenvalue weighted by atomic mass is 19.1. The number of aryl methyl sites for hydroxylation is 1. The molecule has 2 aromatic rings. The maximum atomic E-state index is 13.4. The third-order valence-electron chi connectivity index (χ3n) is 3.09. The molecule has 2 rings (SSSR count). The Hall–Kier alpha value is -2.11. The second kappa shape index (κ2) is 5.71. The van der Waals surface area contributed by atoms with Crippen molar-refractivity contribution in [2.45, 2.75) is 39.8 Å². The van der Waals surface area contributed by atoms with Crippen LogP contribution in [0.3, 0.4) is 0 Å². The molecule has 0 radical (unpaired) electrons. The molecule has 0 bridgehead atoms. The Morgan fingerprint density at radius 3 is 2.52 bits per heavy atom. The summed E-state index contributed by atoms with van der Waals surface area (Å²) >= 11 is 0. The molecule has 1 aromatic carbocycles. The Morgan fingerprint density at radius 2 is 1.95 bits per heavy atom. The first-order chi connectivity index (χ1) is 9.80. The summed E-state index contributed by atoms with van der Waals surface area (Å²) in [5.41, 5.74) is -0.559. The number of rotatable bonds is 4. The smallest absolute Gasteiger partial charge is 0.346 e. The van der Waals surface area contributed by atoms with Crippen molar-refractivity contribution >= 4 is 0 Å². The predicted octanol–water partition coefficient (Wildman–Crippen LogP) is 2.33. The lowest BCUT2D eigenvalue weighted by atomic mass is 10.1. The van der Waals surface area contributed by atoms with E-state index in [0.717, 1.165) is 0 Å². The van der Waals surface area contributed by atoms with Gasteiger partial charge in [-0.25, -0.2) is 13.9 Å². The number of aromatic nitrogens is 3. The zero-order chi connectivity index (χ0) is 15.6. The lowest BCUT2D eigenvalue weighted by Gasteiger charge is -2.16. The van der Waals surface area contributed by atoms with Crippen LogP contribution in [0.15, 0.2) is 29.1 Å². The predicted molar refractivity (Wildman–Crippen MR) is 78.1 cm³/mol. The molecule has 0 aliphatic rings. The van der Waals surface area contributed by atoms with Crippen LogP contribution in [-0.2, 0) is 12.1 Å². The van der Waals surface area contributed by atoms with Crippen LogP contribution in [0.1, 0.15) is 26.6 Å². The number of para-hydroxylation sites is 1. The van der Waals surface area contributed by atoms with Crippen LogP contribution < -0.4 is 10.4 Å². The highest BCUT2D eigenvalue weighted by molar-refractivity contribution is 5.23. The molecule has 1 aromatic heterocycles. The summed E-state index contributed by atoms with van der Waals surface area (Å²) in [5.74, 6) is 0.394. The monoisotopic (exact) mass is 293 g/mol. The Balaban J connectivity index is 2.10. The van der Waals surface area contributed by atoms with E-state index in [1.165, 1.54) is 15.3 Å². The Bertz CT molecular complexity index is 683. The van der Waals surface area contributed by atoms with Crippen LogP contribution in [0.5, 0.6) is 5.75 Å². The molecule has 0 spiro atoms. The zero-order valence-corrected chi connectivity index (χ0v) is 12.8. The standard InChI is InChI=1S/C15H20FN3O2/c1-11-17-19(15(2,3)4)14(20)18(11)9-10-21-13-8-6-5-7-12(13)16/h5-8H,9-10H2,1-4H3. The minimum absolute atomic E-state index is 0.183. The molecular formula is C15H20FN3O2. The third-order valence-corrected chi connectivity index (χ3v) is 3.09. The van der Waals surface area contributed by atoms with Gasteiger partial charge >= 0.3 is 5.69 Å². The van der Waals surface area contributed by atoms with Crippen molar-refractivity contribution in [1.29, 1.82) is 0 Å². The summed E-state index contributed by atoms with van der Waals surface area (Å²) in [6.07, 6.45) is 0. The van der Waals surface area contributed by atoms with Gasteiger partial charge in [-0.1, -0.05) is 12.1 Å². The summed E-state index contributed by atoms with van der Waals surface area (Å²) in [6.45, 7) is 8.06. The van der Waals surface area contributed by atoms with E-state index in [1.54, 1.807) is 25.1 Å². The first kappa shape index (κ1) is 15.3. The number of hydrogen-bond acceptors (Lipinski definition) is 3. The van der Waals surface area contributed by atoms with Crippen molar-refractivity contribution in [2.75, 3.05) is 6.61 Å². The van der Waals surface area contributed by atoms with E-state index in [1.807, 2.05) is 20.8 Å². The topological polar surface area (TPSA) is 49.0 Å². The lowest BCUT2D eigenvalue weighted by Crippen LogP contribution is -2.36. The van der Waals surface area contributed by atoms with Crippen LogP contribution in [-0.4, -0.2) is 21.0 Å². The normalized spacial score (nSPS) is 11.7. The van der Waals surface area contributed by atoms with Gasteiger partial charge in [0.05, 0.1) is 12.1 Å². The van der Waals surface area contributed by atoms with Crippen LogP contribution in [0.25, 0.3) is 0 Å². The van der Waals surface area contributed by atoms with Gasteiger partial charge in [0.1, 0.15) is 12.4 Å². The summed E-state index contributed by atoms with van der Waals surface area (Å²) in [4.78, 5) is 12.3. The molecule has 0 unspecified atom stereocenters. The minimum atomic E-state index is -0.410. The van der Waals surface area contributed by atoms with E-state index in [2.05, 4.69) is 5.10 Å². The van der Waals surface area contributed by atoms with Gasteiger partial charge in [-0.3, -0.25) is 4.57 Å². The number of hydrogen-bond donors (Lipinski definition) is 0. The number of halogens is 1. The summed E-state index contributed by atoms with van der Waals surface area (Å²) in [7, 11) is 0. The van der Waals surface area contributed by atoms with E-state index in [-0.39, 0.29) is 23.6 Å². The average Bonchev–Trinajstić information content (AvgIpc) is 2.68. The molecule has 0 amide bonds. The fourth-order valence-corrected chi connectivity index (χ4v) is 2.00. The molecule has 114 valence electrons. The van der Waals surface area contributed by atoms with Gasteiger partial charge in [-0.05, 0) is 39.8 Å². The van der Waals surface area contributed by atoms with Gasteiger partial charge in [0.25, 0.3) is 0 Å². The van der Waals surface area contributed by atoms with Gasteiger partial charge < -0.3 is 4.74 Å². The number of benzene rings is 1. The van der Waals surface area contributed by atoms with Gasteiger partial charge in [-0.2, -0.15) is 5.10 Å². The maximum absolute atomic E-state index is 13.4. The molecule has 6 heteroatoms. The first-order valence-electron chi connectivity index (χ1n) is 6.85. The molecule has 5 nitrogen and oxygen atoms in total. The Morgan fingerprint density at radius 1 is 1.29 bits per heavy atom.